The Morgan fingerprint density at radius 1 is 1.30 bits per heavy atom. The third kappa shape index (κ3) is 2.84. The Bertz CT molecular complexity index is 1130. The SMILES string of the molecule is CCn1c(-c2ccc(Cl)c(Cl)c2)cn2nc(C(=O)O)c(C3CCC3)c2c1=O. The molecule has 0 unspecified atom stereocenters. The highest BCUT2D eigenvalue weighted by molar-refractivity contribution is 6.42. The minimum atomic E-state index is -1.11. The maximum Gasteiger partial charge on any atom is 0.356 e. The summed E-state index contributed by atoms with van der Waals surface area (Å²) in [4.78, 5) is 25.0. The van der Waals surface area contributed by atoms with Crippen LogP contribution >= 0.6 is 23.2 Å². The highest BCUT2D eigenvalue weighted by atomic mass is 35.5. The van der Waals surface area contributed by atoms with E-state index in [-0.39, 0.29) is 17.2 Å². The van der Waals surface area contributed by atoms with Crippen molar-refractivity contribution in [1.82, 2.24) is 14.2 Å². The van der Waals surface area contributed by atoms with Crippen LogP contribution in [0.1, 0.15) is 48.2 Å². The van der Waals surface area contributed by atoms with Crippen LogP contribution in [0.4, 0.5) is 0 Å². The average molecular weight is 406 g/mol. The number of aromatic nitrogens is 3. The smallest absolute Gasteiger partial charge is 0.356 e. The molecule has 0 saturated heterocycles. The fourth-order valence-electron chi connectivity index (χ4n) is 3.62. The number of hydrogen-bond acceptors (Lipinski definition) is 3. The van der Waals surface area contributed by atoms with Gasteiger partial charge in [-0.1, -0.05) is 35.7 Å². The first-order chi connectivity index (χ1) is 12.9. The number of aromatic carboxylic acids is 1. The standard InChI is InChI=1S/C19H17Cl2N3O3/c1-2-23-14(11-6-7-12(20)13(21)8-11)9-24-17(18(23)25)15(10-4-3-5-10)16(22-24)19(26)27/h6-10H,2-5H2,1H3,(H,26,27). The average Bonchev–Trinajstić information content (AvgIpc) is 2.95. The Balaban J connectivity index is 2.04. The molecule has 6 nitrogen and oxygen atoms in total. The van der Waals surface area contributed by atoms with Gasteiger partial charge >= 0.3 is 5.97 Å². The molecule has 2 heterocycles. The first kappa shape index (κ1) is 18.1. The molecule has 1 fully saturated rings. The molecule has 0 aliphatic heterocycles. The fourth-order valence-corrected chi connectivity index (χ4v) is 3.92. The molecule has 0 bridgehead atoms. The maximum absolute atomic E-state index is 13.3. The Morgan fingerprint density at radius 2 is 2.04 bits per heavy atom. The van der Waals surface area contributed by atoms with Gasteiger partial charge in [0.1, 0.15) is 5.52 Å². The molecule has 2 aromatic heterocycles. The second-order valence-corrected chi connectivity index (χ2v) is 7.50. The van der Waals surface area contributed by atoms with Gasteiger partial charge in [-0.15, -0.1) is 0 Å². The van der Waals surface area contributed by atoms with E-state index >= 15 is 0 Å². The van der Waals surface area contributed by atoms with Gasteiger partial charge in [0.05, 0.1) is 21.9 Å². The minimum Gasteiger partial charge on any atom is -0.476 e. The molecule has 3 aromatic rings. The van der Waals surface area contributed by atoms with Crippen LogP contribution in [0.25, 0.3) is 16.8 Å². The lowest BCUT2D eigenvalue weighted by molar-refractivity contribution is 0.0687. The van der Waals surface area contributed by atoms with Gasteiger partial charge in [-0.25, -0.2) is 9.31 Å². The summed E-state index contributed by atoms with van der Waals surface area (Å²) in [7, 11) is 0. The summed E-state index contributed by atoms with van der Waals surface area (Å²) in [5.74, 6) is -1.04. The van der Waals surface area contributed by atoms with E-state index in [1.54, 1.807) is 29.0 Å². The number of nitrogens with zero attached hydrogens (tertiary/aromatic N) is 3. The van der Waals surface area contributed by atoms with Crippen molar-refractivity contribution in [2.45, 2.75) is 38.6 Å². The maximum atomic E-state index is 13.3. The van der Waals surface area contributed by atoms with Crippen LogP contribution in [0.2, 0.25) is 10.0 Å². The van der Waals surface area contributed by atoms with E-state index in [2.05, 4.69) is 5.10 Å². The summed E-state index contributed by atoms with van der Waals surface area (Å²) in [5.41, 5.74) is 1.94. The lowest BCUT2D eigenvalue weighted by Gasteiger charge is -2.25. The predicted molar refractivity (Wildman–Crippen MR) is 104 cm³/mol. The lowest BCUT2D eigenvalue weighted by Crippen LogP contribution is -2.25. The molecule has 1 aliphatic carbocycles. The third-order valence-corrected chi connectivity index (χ3v) is 5.92. The van der Waals surface area contributed by atoms with Gasteiger partial charge in [0.2, 0.25) is 0 Å². The number of benzene rings is 1. The quantitative estimate of drug-likeness (QED) is 0.694. The minimum absolute atomic E-state index is 0.0364. The summed E-state index contributed by atoms with van der Waals surface area (Å²) < 4.78 is 3.02. The van der Waals surface area contributed by atoms with Gasteiger partial charge in [-0.3, -0.25) is 4.79 Å². The molecule has 1 aliphatic rings. The highest BCUT2D eigenvalue weighted by Crippen LogP contribution is 2.40. The van der Waals surface area contributed by atoms with Crippen LogP contribution in [-0.4, -0.2) is 25.3 Å². The van der Waals surface area contributed by atoms with E-state index in [1.807, 2.05) is 6.92 Å². The number of halogens is 2. The molecular formula is C19H17Cl2N3O3. The van der Waals surface area contributed by atoms with Crippen LogP contribution in [0.15, 0.2) is 29.2 Å². The van der Waals surface area contributed by atoms with Crippen molar-refractivity contribution in [3.05, 3.63) is 56.1 Å². The largest absolute Gasteiger partial charge is 0.476 e. The molecule has 0 amide bonds. The lowest BCUT2D eigenvalue weighted by atomic mass is 9.79. The molecule has 1 saturated carbocycles. The molecule has 8 heteroatoms. The fraction of sp³-hybridized carbons (Fsp3) is 0.316. The zero-order valence-electron chi connectivity index (χ0n) is 14.6. The number of fused-ring (bicyclic) bond motifs is 1. The number of hydrogen-bond donors (Lipinski definition) is 1. The van der Waals surface area contributed by atoms with Crippen molar-refractivity contribution >= 4 is 34.7 Å². The summed E-state index contributed by atoms with van der Waals surface area (Å²) in [6.07, 6.45) is 4.47. The second kappa shape index (κ2) is 6.69. The highest BCUT2D eigenvalue weighted by Gasteiger charge is 2.31. The van der Waals surface area contributed by atoms with Crippen LogP contribution in [-0.2, 0) is 6.54 Å². The van der Waals surface area contributed by atoms with Crippen LogP contribution in [0.5, 0.6) is 0 Å². The van der Waals surface area contributed by atoms with Crippen molar-refractivity contribution in [3.8, 4) is 11.3 Å². The summed E-state index contributed by atoms with van der Waals surface area (Å²) in [5, 5.41) is 14.6. The number of rotatable bonds is 4. The Kier molecular flexibility index (Phi) is 4.48. The summed E-state index contributed by atoms with van der Waals surface area (Å²) in [6, 6.07) is 5.12. The van der Waals surface area contributed by atoms with Gasteiger partial charge in [0, 0.05) is 17.7 Å². The molecule has 1 aromatic carbocycles. The molecular weight excluding hydrogens is 389 g/mol. The predicted octanol–water partition coefficient (Wildman–Crippen LogP) is 4.46. The van der Waals surface area contributed by atoms with Gasteiger partial charge in [0.15, 0.2) is 5.69 Å². The van der Waals surface area contributed by atoms with Gasteiger partial charge in [-0.05, 0) is 37.8 Å². The molecule has 140 valence electrons. The second-order valence-electron chi connectivity index (χ2n) is 6.68. The zero-order chi connectivity index (χ0) is 19.3. The van der Waals surface area contributed by atoms with E-state index in [1.165, 1.54) is 4.52 Å². The monoisotopic (exact) mass is 405 g/mol. The molecule has 0 radical (unpaired) electrons. The van der Waals surface area contributed by atoms with Crippen molar-refractivity contribution < 1.29 is 9.90 Å². The van der Waals surface area contributed by atoms with E-state index in [4.69, 9.17) is 23.2 Å². The van der Waals surface area contributed by atoms with E-state index in [0.717, 1.165) is 19.3 Å². The zero-order valence-corrected chi connectivity index (χ0v) is 16.1. The topological polar surface area (TPSA) is 76.6 Å². The van der Waals surface area contributed by atoms with Crippen molar-refractivity contribution in [2.75, 3.05) is 0 Å². The Hall–Kier alpha value is -2.31. The number of carboxylic acids is 1. The van der Waals surface area contributed by atoms with Gasteiger partial charge < -0.3 is 9.67 Å². The Morgan fingerprint density at radius 3 is 2.59 bits per heavy atom. The van der Waals surface area contributed by atoms with Crippen molar-refractivity contribution in [3.63, 3.8) is 0 Å². The number of carboxylic acid groups (broad SMARTS) is 1. The molecule has 27 heavy (non-hydrogen) atoms. The van der Waals surface area contributed by atoms with E-state index in [0.29, 0.717) is 38.9 Å². The van der Waals surface area contributed by atoms with Crippen LogP contribution in [0, 0.1) is 0 Å². The van der Waals surface area contributed by atoms with Crippen molar-refractivity contribution in [1.29, 1.82) is 0 Å². The molecule has 0 spiro atoms. The first-order valence-electron chi connectivity index (χ1n) is 8.77. The third-order valence-electron chi connectivity index (χ3n) is 5.18. The summed E-state index contributed by atoms with van der Waals surface area (Å²) in [6.45, 7) is 2.30. The van der Waals surface area contributed by atoms with Gasteiger partial charge in [0.25, 0.3) is 5.56 Å². The van der Waals surface area contributed by atoms with Crippen molar-refractivity contribution in [2.24, 2.45) is 0 Å². The number of carbonyl (C=O) groups is 1. The molecule has 0 atom stereocenters. The van der Waals surface area contributed by atoms with Crippen LogP contribution in [0.3, 0.4) is 0 Å². The van der Waals surface area contributed by atoms with E-state index < -0.39 is 5.97 Å². The first-order valence-corrected chi connectivity index (χ1v) is 9.52. The van der Waals surface area contributed by atoms with Crippen LogP contribution < -0.4 is 5.56 Å². The Labute approximate surface area is 164 Å². The molecule has 4 rings (SSSR count). The van der Waals surface area contributed by atoms with E-state index in [9.17, 15) is 14.7 Å². The normalized spacial score (nSPS) is 14.5. The van der Waals surface area contributed by atoms with Gasteiger partial charge in [-0.2, -0.15) is 5.10 Å². The summed E-state index contributed by atoms with van der Waals surface area (Å²) >= 11 is 12.1. The molecule has 1 N–H and O–H groups in total.